The summed E-state index contributed by atoms with van der Waals surface area (Å²) in [4.78, 5) is 27.4. The van der Waals surface area contributed by atoms with Crippen LogP contribution in [0.3, 0.4) is 0 Å². The van der Waals surface area contributed by atoms with Gasteiger partial charge in [0, 0.05) is 44.3 Å². The summed E-state index contributed by atoms with van der Waals surface area (Å²) in [7, 11) is 6.62. The largest absolute Gasteiger partial charge is 0.497 e. The lowest BCUT2D eigenvalue weighted by molar-refractivity contribution is -0.122. The second-order valence-electron chi connectivity index (χ2n) is 11.3. The van der Waals surface area contributed by atoms with E-state index in [0.29, 0.717) is 54.0 Å². The molecule has 9 nitrogen and oxygen atoms in total. The fourth-order valence-corrected chi connectivity index (χ4v) is 4.72. The Morgan fingerprint density at radius 3 is 2.16 bits per heavy atom. The zero-order chi connectivity index (χ0) is 32.5. The molecular weight excluding hydrogens is 568 g/mol. The summed E-state index contributed by atoms with van der Waals surface area (Å²) in [5.74, 6) is 2.58. The first-order valence-corrected chi connectivity index (χ1v) is 14.9. The molecule has 3 aromatic carbocycles. The van der Waals surface area contributed by atoms with Gasteiger partial charge in [-0.25, -0.2) is 4.68 Å². The molecule has 0 atom stereocenters. The molecule has 1 aromatic heterocycles. The molecule has 0 aliphatic carbocycles. The molecule has 9 heteroatoms. The highest BCUT2D eigenvalue weighted by Gasteiger charge is 2.21. The van der Waals surface area contributed by atoms with Crippen molar-refractivity contribution in [2.24, 2.45) is 5.92 Å². The van der Waals surface area contributed by atoms with Crippen molar-refractivity contribution in [1.29, 1.82) is 0 Å². The number of carbonyl (C=O) groups excluding carboxylic acids is 2. The van der Waals surface area contributed by atoms with Crippen LogP contribution >= 0.6 is 0 Å². The molecule has 0 saturated carbocycles. The van der Waals surface area contributed by atoms with Crippen molar-refractivity contribution in [3.05, 3.63) is 95.2 Å². The number of nitrogens with one attached hydrogen (secondary N) is 1. The number of nitrogens with zero attached hydrogens (tertiary/aromatic N) is 3. The first-order valence-electron chi connectivity index (χ1n) is 14.9. The number of methoxy groups -OCH3 is 2. The molecule has 0 aliphatic rings. The summed E-state index contributed by atoms with van der Waals surface area (Å²) in [6.07, 6.45) is 2.61. The summed E-state index contributed by atoms with van der Waals surface area (Å²) in [6, 6.07) is 22.6. The number of hydrogen-bond acceptors (Lipinski definition) is 6. The Bertz CT molecular complexity index is 1620. The zero-order valence-corrected chi connectivity index (χ0v) is 27.1. The van der Waals surface area contributed by atoms with Crippen LogP contribution in [0.1, 0.15) is 42.7 Å². The minimum absolute atomic E-state index is 0.00982. The van der Waals surface area contributed by atoms with E-state index >= 15 is 0 Å². The lowest BCUT2D eigenvalue weighted by atomic mass is 10.0. The molecule has 0 radical (unpaired) electrons. The van der Waals surface area contributed by atoms with Crippen molar-refractivity contribution in [3.8, 4) is 28.8 Å². The van der Waals surface area contributed by atoms with Gasteiger partial charge in [0.2, 0.25) is 11.8 Å². The number of aromatic nitrogens is 2. The third kappa shape index (κ3) is 8.53. The van der Waals surface area contributed by atoms with Crippen molar-refractivity contribution in [2.75, 3.05) is 34.9 Å². The average Bonchev–Trinajstić information content (AvgIpc) is 3.35. The van der Waals surface area contributed by atoms with Crippen LogP contribution in [0.25, 0.3) is 17.3 Å². The van der Waals surface area contributed by atoms with E-state index in [-0.39, 0.29) is 11.8 Å². The predicted molar refractivity (Wildman–Crippen MR) is 177 cm³/mol. The SMILES string of the molecule is COc1cc(C=C(C(=O)N(C)C)c2ccc(Oc3c(CCC(=O)NCC(C)C)c(C)nn3-c3ccccc3)cc2)cc(OC)c1. The number of ether oxygens (including phenoxy) is 3. The average molecular weight is 611 g/mol. The number of hydrogen-bond donors (Lipinski definition) is 1. The fraction of sp³-hybridized carbons (Fsp3) is 0.306. The summed E-state index contributed by atoms with van der Waals surface area (Å²) >= 11 is 0. The lowest BCUT2D eigenvalue weighted by Gasteiger charge is -2.16. The van der Waals surface area contributed by atoms with Gasteiger partial charge in [-0.2, -0.15) is 5.10 Å². The van der Waals surface area contributed by atoms with Gasteiger partial charge in [-0.3, -0.25) is 9.59 Å². The van der Waals surface area contributed by atoms with Crippen LogP contribution in [0.5, 0.6) is 23.1 Å². The summed E-state index contributed by atoms with van der Waals surface area (Å²) in [6.45, 7) is 6.69. The summed E-state index contributed by atoms with van der Waals surface area (Å²) < 4.78 is 19.1. The molecule has 4 rings (SSSR count). The van der Waals surface area contributed by atoms with E-state index in [1.165, 1.54) is 0 Å². The number of aryl methyl sites for hydroxylation is 1. The molecule has 0 unspecified atom stereocenters. The Morgan fingerprint density at radius 2 is 1.58 bits per heavy atom. The molecule has 0 saturated heterocycles. The molecule has 4 aromatic rings. The van der Waals surface area contributed by atoms with Gasteiger partial charge in [0.15, 0.2) is 0 Å². The van der Waals surface area contributed by atoms with Crippen molar-refractivity contribution in [1.82, 2.24) is 20.0 Å². The molecule has 1 heterocycles. The number of benzene rings is 3. The van der Waals surface area contributed by atoms with Crippen molar-refractivity contribution in [3.63, 3.8) is 0 Å². The minimum atomic E-state index is -0.152. The molecule has 0 aliphatic heterocycles. The quantitative estimate of drug-likeness (QED) is 0.141. The maximum Gasteiger partial charge on any atom is 0.253 e. The molecule has 0 bridgehead atoms. The van der Waals surface area contributed by atoms with Crippen molar-refractivity contribution < 1.29 is 23.8 Å². The highest BCUT2D eigenvalue weighted by atomic mass is 16.5. The van der Waals surface area contributed by atoms with Gasteiger partial charge in [0.1, 0.15) is 17.2 Å². The van der Waals surface area contributed by atoms with E-state index in [1.54, 1.807) is 44.0 Å². The van der Waals surface area contributed by atoms with E-state index in [1.807, 2.05) is 79.7 Å². The van der Waals surface area contributed by atoms with E-state index in [9.17, 15) is 9.59 Å². The van der Waals surface area contributed by atoms with Crippen LogP contribution < -0.4 is 19.5 Å². The zero-order valence-electron chi connectivity index (χ0n) is 27.1. The van der Waals surface area contributed by atoms with Gasteiger partial charge < -0.3 is 24.4 Å². The normalized spacial score (nSPS) is 11.3. The van der Waals surface area contributed by atoms with Crippen LogP contribution in [-0.4, -0.2) is 61.4 Å². The van der Waals surface area contributed by atoms with Crippen LogP contribution in [0, 0.1) is 12.8 Å². The third-order valence-corrected chi connectivity index (χ3v) is 7.15. The lowest BCUT2D eigenvalue weighted by Crippen LogP contribution is -2.27. The monoisotopic (exact) mass is 610 g/mol. The van der Waals surface area contributed by atoms with Gasteiger partial charge in [0.05, 0.1) is 25.6 Å². The number of rotatable bonds is 13. The molecule has 1 N–H and O–H groups in total. The van der Waals surface area contributed by atoms with Gasteiger partial charge in [-0.05, 0) is 72.9 Å². The predicted octanol–water partition coefficient (Wildman–Crippen LogP) is 6.32. The fourth-order valence-electron chi connectivity index (χ4n) is 4.72. The first-order chi connectivity index (χ1) is 21.6. The van der Waals surface area contributed by atoms with E-state index in [0.717, 1.165) is 28.1 Å². The van der Waals surface area contributed by atoms with Crippen molar-refractivity contribution in [2.45, 2.75) is 33.6 Å². The van der Waals surface area contributed by atoms with Gasteiger partial charge in [-0.1, -0.05) is 44.2 Å². The number of likely N-dealkylation sites (N-methyl/N-ethyl adjacent to an activating group) is 1. The van der Waals surface area contributed by atoms with Crippen LogP contribution in [0.2, 0.25) is 0 Å². The van der Waals surface area contributed by atoms with Crippen molar-refractivity contribution >= 4 is 23.5 Å². The number of amides is 2. The Labute approximate surface area is 265 Å². The smallest absolute Gasteiger partial charge is 0.253 e. The second-order valence-corrected chi connectivity index (χ2v) is 11.3. The van der Waals surface area contributed by atoms with Gasteiger partial charge in [0.25, 0.3) is 5.91 Å². The molecule has 2 amide bonds. The Morgan fingerprint density at radius 1 is 0.933 bits per heavy atom. The van der Waals surface area contributed by atoms with Crippen LogP contribution in [0.15, 0.2) is 72.8 Å². The molecule has 45 heavy (non-hydrogen) atoms. The second kappa shape index (κ2) is 15.1. The van der Waals surface area contributed by atoms with Crippen LogP contribution in [0.4, 0.5) is 0 Å². The molecule has 236 valence electrons. The van der Waals surface area contributed by atoms with E-state index < -0.39 is 0 Å². The molecule has 0 spiro atoms. The Hall–Kier alpha value is -5.05. The van der Waals surface area contributed by atoms with Gasteiger partial charge >= 0.3 is 0 Å². The molecule has 0 fully saturated rings. The van der Waals surface area contributed by atoms with E-state index in [4.69, 9.17) is 19.3 Å². The third-order valence-electron chi connectivity index (χ3n) is 7.15. The summed E-state index contributed by atoms with van der Waals surface area (Å²) in [5.41, 5.74) is 4.48. The summed E-state index contributed by atoms with van der Waals surface area (Å²) in [5, 5.41) is 7.76. The highest BCUT2D eigenvalue weighted by Crippen LogP contribution is 2.33. The maximum absolute atomic E-state index is 13.3. The van der Waals surface area contributed by atoms with Crippen LogP contribution in [-0.2, 0) is 16.0 Å². The minimum Gasteiger partial charge on any atom is -0.497 e. The molecular formula is C36H42N4O5. The standard InChI is InChI=1S/C36H42N4O5/c1-24(2)23-37-34(41)18-17-32-25(3)38-40(28-11-9-8-10-12-28)36(32)45-29-15-13-27(14-16-29)33(35(42)39(4)5)21-26-19-30(43-6)22-31(20-26)44-7/h8-16,19-22,24H,17-18,23H2,1-7H3,(H,37,41). The number of para-hydroxylation sites is 1. The van der Waals surface area contributed by atoms with Gasteiger partial charge in [-0.15, -0.1) is 0 Å². The highest BCUT2D eigenvalue weighted by molar-refractivity contribution is 6.24. The van der Waals surface area contributed by atoms with E-state index in [2.05, 4.69) is 19.2 Å². The Kier molecular flexibility index (Phi) is 11.0. The Balaban J connectivity index is 1.68. The maximum atomic E-state index is 13.3. The topological polar surface area (TPSA) is 94.9 Å². The first kappa shape index (κ1) is 32.9. The number of carbonyl (C=O) groups is 2.